The molecule has 1 aliphatic rings. The molecule has 0 atom stereocenters. The molecule has 9 heteroatoms. The van der Waals surface area contributed by atoms with Crippen molar-refractivity contribution in [2.75, 3.05) is 31.1 Å². The van der Waals surface area contributed by atoms with E-state index in [9.17, 15) is 17.2 Å². The maximum Gasteiger partial charge on any atom is 0.243 e. The molecule has 0 spiro atoms. The summed E-state index contributed by atoms with van der Waals surface area (Å²) in [5, 5.41) is 4.65. The molecule has 3 aromatic rings. The average Bonchev–Trinajstić information content (AvgIpc) is 3.02. The number of anilines is 1. The lowest BCUT2D eigenvalue weighted by atomic mass is 10.2. The van der Waals surface area contributed by atoms with Crippen LogP contribution in [0.25, 0.3) is 5.69 Å². The number of sulfonamides is 1. The zero-order valence-corrected chi connectivity index (χ0v) is 17.5. The molecule has 0 bridgehead atoms. The minimum atomic E-state index is -3.96. The van der Waals surface area contributed by atoms with Crippen molar-refractivity contribution in [3.8, 4) is 5.69 Å². The van der Waals surface area contributed by atoms with Gasteiger partial charge in [-0.25, -0.2) is 21.9 Å². The van der Waals surface area contributed by atoms with E-state index in [-0.39, 0.29) is 18.0 Å². The summed E-state index contributed by atoms with van der Waals surface area (Å²) in [6, 6.07) is 12.2. The first kappa shape index (κ1) is 20.5. The van der Waals surface area contributed by atoms with Crippen molar-refractivity contribution in [3.05, 3.63) is 71.6 Å². The normalized spacial score (nSPS) is 15.5. The maximum atomic E-state index is 13.5. The third kappa shape index (κ3) is 3.70. The highest BCUT2D eigenvalue weighted by Crippen LogP contribution is 2.29. The first-order chi connectivity index (χ1) is 14.3. The molecule has 2 aromatic carbocycles. The maximum absolute atomic E-state index is 13.5. The predicted molar refractivity (Wildman–Crippen MR) is 110 cm³/mol. The van der Waals surface area contributed by atoms with Crippen LogP contribution in [0, 0.1) is 25.5 Å². The lowest BCUT2D eigenvalue weighted by Gasteiger charge is -2.35. The fraction of sp³-hybridized carbons (Fsp3) is 0.286. The summed E-state index contributed by atoms with van der Waals surface area (Å²) in [5.74, 6) is -1.82. The standard InChI is InChI=1S/C21H22F2N4O2S/c1-15-21(16(2)27(24-15)19-6-4-3-5-7-19)25-8-10-26(11-9-25)30(28,29)20-13-17(22)12-18(23)14-20/h3-7,12-14H,8-11H2,1-2H3. The minimum Gasteiger partial charge on any atom is -0.366 e. The number of nitrogens with zero attached hydrogens (tertiary/aromatic N) is 4. The van der Waals surface area contributed by atoms with Crippen LogP contribution in [0.3, 0.4) is 0 Å². The Hall–Kier alpha value is -2.78. The Morgan fingerprint density at radius 1 is 0.900 bits per heavy atom. The van der Waals surface area contributed by atoms with E-state index >= 15 is 0 Å². The van der Waals surface area contributed by atoms with Crippen molar-refractivity contribution >= 4 is 15.7 Å². The molecule has 1 fully saturated rings. The highest BCUT2D eigenvalue weighted by atomic mass is 32.2. The van der Waals surface area contributed by atoms with Crippen molar-refractivity contribution in [1.29, 1.82) is 0 Å². The van der Waals surface area contributed by atoms with Crippen LogP contribution in [0.4, 0.5) is 14.5 Å². The quantitative estimate of drug-likeness (QED) is 0.635. The Balaban J connectivity index is 1.55. The van der Waals surface area contributed by atoms with E-state index in [0.29, 0.717) is 19.2 Å². The Morgan fingerprint density at radius 3 is 2.10 bits per heavy atom. The highest BCUT2D eigenvalue weighted by Gasteiger charge is 2.31. The smallest absolute Gasteiger partial charge is 0.243 e. The number of benzene rings is 2. The van der Waals surface area contributed by atoms with Crippen LogP contribution in [0.2, 0.25) is 0 Å². The Bertz CT molecular complexity index is 1150. The van der Waals surface area contributed by atoms with E-state index in [0.717, 1.165) is 34.9 Å². The highest BCUT2D eigenvalue weighted by molar-refractivity contribution is 7.89. The second-order valence-electron chi connectivity index (χ2n) is 7.26. The van der Waals surface area contributed by atoms with E-state index in [1.165, 1.54) is 4.31 Å². The van der Waals surface area contributed by atoms with Crippen molar-refractivity contribution < 1.29 is 17.2 Å². The van der Waals surface area contributed by atoms with Gasteiger partial charge in [-0.15, -0.1) is 0 Å². The first-order valence-electron chi connectivity index (χ1n) is 9.60. The van der Waals surface area contributed by atoms with E-state index in [2.05, 4.69) is 10.00 Å². The molecule has 1 aliphatic heterocycles. The molecule has 0 radical (unpaired) electrons. The van der Waals surface area contributed by atoms with E-state index < -0.39 is 21.7 Å². The summed E-state index contributed by atoms with van der Waals surface area (Å²) in [5.41, 5.74) is 3.77. The fourth-order valence-electron chi connectivity index (χ4n) is 3.89. The predicted octanol–water partition coefficient (Wildman–Crippen LogP) is 3.28. The monoisotopic (exact) mass is 432 g/mol. The molecule has 6 nitrogen and oxygen atoms in total. The van der Waals surface area contributed by atoms with Gasteiger partial charge in [0.25, 0.3) is 0 Å². The summed E-state index contributed by atoms with van der Waals surface area (Å²) in [4.78, 5) is 1.74. The Labute approximate surface area is 174 Å². The molecular weight excluding hydrogens is 410 g/mol. The molecule has 30 heavy (non-hydrogen) atoms. The van der Waals surface area contributed by atoms with E-state index in [1.54, 1.807) is 0 Å². The van der Waals surface area contributed by atoms with Gasteiger partial charge >= 0.3 is 0 Å². The minimum absolute atomic E-state index is 0.218. The van der Waals surface area contributed by atoms with Gasteiger partial charge in [-0.1, -0.05) is 18.2 Å². The van der Waals surface area contributed by atoms with Gasteiger partial charge in [-0.05, 0) is 38.1 Å². The SMILES string of the molecule is Cc1nn(-c2ccccc2)c(C)c1N1CCN(S(=O)(=O)c2cc(F)cc(F)c2)CC1. The van der Waals surface area contributed by atoms with Gasteiger partial charge < -0.3 is 4.90 Å². The molecule has 2 heterocycles. The van der Waals surface area contributed by atoms with Gasteiger partial charge in [0, 0.05) is 32.2 Å². The number of aromatic nitrogens is 2. The van der Waals surface area contributed by atoms with Crippen molar-refractivity contribution in [1.82, 2.24) is 14.1 Å². The van der Waals surface area contributed by atoms with Gasteiger partial charge in [0.15, 0.2) is 0 Å². The molecule has 0 N–H and O–H groups in total. The lowest BCUT2D eigenvalue weighted by Crippen LogP contribution is -2.49. The number of para-hydroxylation sites is 1. The molecule has 0 amide bonds. The van der Waals surface area contributed by atoms with Crippen LogP contribution in [0.5, 0.6) is 0 Å². The Morgan fingerprint density at radius 2 is 1.50 bits per heavy atom. The summed E-state index contributed by atoms with van der Waals surface area (Å²) < 4.78 is 55.8. The molecule has 0 aliphatic carbocycles. The lowest BCUT2D eigenvalue weighted by molar-refractivity contribution is 0.384. The van der Waals surface area contributed by atoms with Crippen LogP contribution in [0.15, 0.2) is 53.4 Å². The van der Waals surface area contributed by atoms with Gasteiger partial charge in [0.2, 0.25) is 10.0 Å². The zero-order chi connectivity index (χ0) is 21.5. The number of piperazine rings is 1. The van der Waals surface area contributed by atoms with Crippen molar-refractivity contribution in [2.45, 2.75) is 18.7 Å². The fourth-order valence-corrected chi connectivity index (χ4v) is 5.36. The number of aryl methyl sites for hydroxylation is 1. The van der Waals surface area contributed by atoms with Crippen LogP contribution in [0.1, 0.15) is 11.4 Å². The molecule has 158 valence electrons. The second kappa shape index (κ2) is 7.81. The summed E-state index contributed by atoms with van der Waals surface area (Å²) >= 11 is 0. The molecule has 4 rings (SSSR count). The second-order valence-corrected chi connectivity index (χ2v) is 9.20. The largest absolute Gasteiger partial charge is 0.366 e. The summed E-state index contributed by atoms with van der Waals surface area (Å²) in [7, 11) is -3.96. The van der Waals surface area contributed by atoms with Crippen LogP contribution >= 0.6 is 0 Å². The third-order valence-electron chi connectivity index (χ3n) is 5.28. The first-order valence-corrected chi connectivity index (χ1v) is 11.0. The number of halogens is 2. The molecular formula is C21H22F2N4O2S. The van der Waals surface area contributed by atoms with Gasteiger partial charge in [-0.3, -0.25) is 0 Å². The van der Waals surface area contributed by atoms with Gasteiger partial charge in [0.05, 0.1) is 27.7 Å². The summed E-state index contributed by atoms with van der Waals surface area (Å²) in [6.07, 6.45) is 0. The van der Waals surface area contributed by atoms with Crippen LogP contribution in [-0.4, -0.2) is 48.7 Å². The third-order valence-corrected chi connectivity index (χ3v) is 7.16. The van der Waals surface area contributed by atoms with Crippen molar-refractivity contribution in [3.63, 3.8) is 0 Å². The topological polar surface area (TPSA) is 58.4 Å². The molecule has 0 saturated carbocycles. The number of hydrogen-bond acceptors (Lipinski definition) is 4. The van der Waals surface area contributed by atoms with Gasteiger partial charge in [0.1, 0.15) is 11.6 Å². The number of hydrogen-bond donors (Lipinski definition) is 0. The molecule has 0 unspecified atom stereocenters. The van der Waals surface area contributed by atoms with E-state index in [1.807, 2.05) is 48.9 Å². The molecule has 1 saturated heterocycles. The van der Waals surface area contributed by atoms with Crippen molar-refractivity contribution in [2.24, 2.45) is 0 Å². The van der Waals surface area contributed by atoms with Gasteiger partial charge in [-0.2, -0.15) is 9.40 Å². The van der Waals surface area contributed by atoms with Crippen LogP contribution in [-0.2, 0) is 10.0 Å². The Kier molecular flexibility index (Phi) is 5.33. The van der Waals surface area contributed by atoms with Crippen LogP contribution < -0.4 is 4.90 Å². The summed E-state index contributed by atoms with van der Waals surface area (Å²) in [6.45, 7) is 5.27. The van der Waals surface area contributed by atoms with E-state index in [4.69, 9.17) is 0 Å². The number of rotatable bonds is 4. The zero-order valence-electron chi connectivity index (χ0n) is 16.7. The average molecular weight is 432 g/mol. The molecule has 1 aromatic heterocycles.